The molecule has 0 saturated heterocycles. The molecule has 2 unspecified atom stereocenters. The number of hydrogen-bond acceptors (Lipinski definition) is 6. The maximum Gasteiger partial charge on any atom is 0.407 e. The molecule has 8 nitrogen and oxygen atoms in total. The molecule has 1 aromatic heterocycles. The van der Waals surface area contributed by atoms with E-state index in [1.54, 1.807) is 20.8 Å². The third-order valence-corrected chi connectivity index (χ3v) is 2.77. The molecule has 1 rings (SSSR count). The molecule has 1 heterocycles. The number of nitrogens with one attached hydrogen (secondary N) is 2. The molecule has 2 atom stereocenters. The number of aliphatic hydroxyl groups excluding tert-OH is 2. The van der Waals surface area contributed by atoms with E-state index < -0.39 is 29.5 Å². The Balaban J connectivity index is 2.47. The van der Waals surface area contributed by atoms with E-state index in [9.17, 15) is 19.8 Å². The lowest BCUT2D eigenvalue weighted by Crippen LogP contribution is -2.34. The molecule has 124 valence electrons. The number of nitrogen functional groups attached to an aromatic ring is 1. The second kappa shape index (κ2) is 7.28. The Kier molecular flexibility index (Phi) is 5.95. The molecule has 0 bridgehead atoms. The topological polar surface area (TPSA) is 138 Å². The molecule has 0 aromatic carbocycles. The number of H-pyrrole nitrogens is 1. The molecule has 0 radical (unpaired) electrons. The third-order valence-electron chi connectivity index (χ3n) is 2.77. The van der Waals surface area contributed by atoms with Crippen LogP contribution in [0.1, 0.15) is 38.9 Å². The molecule has 1 amide bonds. The predicted octanol–water partition coefficient (Wildman–Crippen LogP) is 0.266. The normalized spacial score (nSPS) is 14.2. The van der Waals surface area contributed by atoms with Crippen LogP contribution in [-0.2, 0) is 4.74 Å². The lowest BCUT2D eigenvalue weighted by Gasteiger charge is -2.21. The zero-order valence-electron chi connectivity index (χ0n) is 12.9. The molecular weight excluding hydrogens is 290 g/mol. The van der Waals surface area contributed by atoms with Crippen LogP contribution in [0.2, 0.25) is 0 Å². The van der Waals surface area contributed by atoms with Gasteiger partial charge < -0.3 is 31.0 Å². The number of aromatic nitrogens is 1. The fraction of sp³-hybridized carbons (Fsp3) is 0.571. The van der Waals surface area contributed by atoms with Crippen molar-refractivity contribution in [3.63, 3.8) is 0 Å². The largest absolute Gasteiger partial charge is 0.444 e. The maximum atomic E-state index is 11.4. The van der Waals surface area contributed by atoms with Gasteiger partial charge in [0, 0.05) is 18.3 Å². The average molecular weight is 313 g/mol. The third kappa shape index (κ3) is 5.74. The van der Waals surface area contributed by atoms with Gasteiger partial charge in [-0.15, -0.1) is 0 Å². The first-order valence-electron chi connectivity index (χ1n) is 6.91. The van der Waals surface area contributed by atoms with Crippen molar-refractivity contribution < 1.29 is 19.7 Å². The van der Waals surface area contributed by atoms with Gasteiger partial charge in [-0.25, -0.2) is 4.79 Å². The van der Waals surface area contributed by atoms with E-state index >= 15 is 0 Å². The number of aliphatic hydroxyl groups is 2. The Morgan fingerprint density at radius 3 is 2.64 bits per heavy atom. The number of ether oxygens (including phenoxy) is 1. The quantitative estimate of drug-likeness (QED) is 0.529. The minimum atomic E-state index is -1.22. The maximum absolute atomic E-state index is 11.4. The monoisotopic (exact) mass is 313 g/mol. The average Bonchev–Trinajstić information content (AvgIpc) is 2.38. The summed E-state index contributed by atoms with van der Waals surface area (Å²) in [6.07, 6.45) is -1.55. The van der Waals surface area contributed by atoms with Crippen molar-refractivity contribution in [1.29, 1.82) is 0 Å². The van der Waals surface area contributed by atoms with Gasteiger partial charge in [0.25, 0.3) is 5.56 Å². The number of carbonyl (C=O) groups is 1. The van der Waals surface area contributed by atoms with Crippen LogP contribution < -0.4 is 16.6 Å². The highest BCUT2D eigenvalue weighted by Gasteiger charge is 2.20. The van der Waals surface area contributed by atoms with Crippen LogP contribution in [0.25, 0.3) is 0 Å². The number of rotatable bonds is 5. The minimum Gasteiger partial charge on any atom is -0.444 e. The van der Waals surface area contributed by atoms with E-state index in [4.69, 9.17) is 10.5 Å². The van der Waals surface area contributed by atoms with Crippen LogP contribution in [-0.4, -0.2) is 39.5 Å². The van der Waals surface area contributed by atoms with Gasteiger partial charge in [0.1, 0.15) is 11.7 Å². The number of alkyl carbamates (subject to hydrolysis) is 1. The van der Waals surface area contributed by atoms with E-state index in [1.807, 2.05) is 0 Å². The molecule has 1 aromatic rings. The molecule has 0 saturated carbocycles. The van der Waals surface area contributed by atoms with Crippen molar-refractivity contribution >= 4 is 11.8 Å². The predicted molar refractivity (Wildman–Crippen MR) is 81.3 cm³/mol. The van der Waals surface area contributed by atoms with Gasteiger partial charge in [-0.05, 0) is 33.3 Å². The van der Waals surface area contributed by atoms with Crippen molar-refractivity contribution in [2.75, 3.05) is 12.3 Å². The molecule has 0 spiro atoms. The summed E-state index contributed by atoms with van der Waals surface area (Å²) >= 11 is 0. The first-order chi connectivity index (χ1) is 10.1. The van der Waals surface area contributed by atoms with Gasteiger partial charge in [-0.2, -0.15) is 0 Å². The van der Waals surface area contributed by atoms with Gasteiger partial charge >= 0.3 is 6.09 Å². The summed E-state index contributed by atoms with van der Waals surface area (Å²) in [5.41, 5.74) is 4.63. The number of anilines is 1. The molecular formula is C14H23N3O5. The number of pyridine rings is 1. The van der Waals surface area contributed by atoms with Crippen LogP contribution in [0.3, 0.4) is 0 Å². The van der Waals surface area contributed by atoms with Gasteiger partial charge in [0.2, 0.25) is 0 Å². The Labute approximate surface area is 128 Å². The lowest BCUT2D eigenvalue weighted by atomic mass is 10.0. The fourth-order valence-electron chi connectivity index (χ4n) is 1.71. The van der Waals surface area contributed by atoms with Crippen LogP contribution in [0.15, 0.2) is 17.1 Å². The van der Waals surface area contributed by atoms with Gasteiger partial charge in [-0.1, -0.05) is 0 Å². The fourth-order valence-corrected chi connectivity index (χ4v) is 1.71. The second-order valence-electron chi connectivity index (χ2n) is 5.95. The number of hydrogen-bond donors (Lipinski definition) is 5. The van der Waals surface area contributed by atoms with Crippen molar-refractivity contribution in [3.05, 3.63) is 28.2 Å². The van der Waals surface area contributed by atoms with E-state index in [0.29, 0.717) is 5.56 Å². The highest BCUT2D eigenvalue weighted by atomic mass is 16.6. The number of aromatic amines is 1. The van der Waals surface area contributed by atoms with Crippen LogP contribution >= 0.6 is 0 Å². The summed E-state index contributed by atoms with van der Waals surface area (Å²) in [6, 6.07) is 1.30. The zero-order chi connectivity index (χ0) is 16.9. The van der Waals surface area contributed by atoms with Crippen molar-refractivity contribution in [1.82, 2.24) is 10.3 Å². The second-order valence-corrected chi connectivity index (χ2v) is 5.95. The van der Waals surface area contributed by atoms with Crippen LogP contribution in [0.5, 0.6) is 0 Å². The lowest BCUT2D eigenvalue weighted by molar-refractivity contribution is 0.0121. The molecule has 0 aliphatic heterocycles. The molecule has 0 aliphatic rings. The zero-order valence-corrected chi connectivity index (χ0v) is 12.9. The first kappa shape index (κ1) is 18.0. The highest BCUT2D eigenvalue weighted by molar-refractivity contribution is 5.67. The summed E-state index contributed by atoms with van der Waals surface area (Å²) in [6.45, 7) is 5.36. The summed E-state index contributed by atoms with van der Waals surface area (Å²) in [7, 11) is 0. The first-order valence-corrected chi connectivity index (χ1v) is 6.91. The van der Waals surface area contributed by atoms with Gasteiger partial charge in [-0.3, -0.25) is 4.79 Å². The summed E-state index contributed by atoms with van der Waals surface area (Å²) < 4.78 is 5.04. The molecule has 0 aliphatic carbocycles. The smallest absolute Gasteiger partial charge is 0.407 e. The minimum absolute atomic E-state index is 0.0457. The number of amides is 1. The van der Waals surface area contributed by atoms with Crippen molar-refractivity contribution in [2.45, 2.75) is 45.0 Å². The molecule has 0 fully saturated rings. The Morgan fingerprint density at radius 2 is 2.09 bits per heavy atom. The van der Waals surface area contributed by atoms with Crippen LogP contribution in [0, 0.1) is 0 Å². The Bertz CT molecular complexity index is 564. The Morgan fingerprint density at radius 1 is 1.45 bits per heavy atom. The van der Waals surface area contributed by atoms with Crippen molar-refractivity contribution in [3.8, 4) is 0 Å². The van der Waals surface area contributed by atoms with Gasteiger partial charge in [0.05, 0.1) is 11.8 Å². The van der Waals surface area contributed by atoms with E-state index in [1.165, 1.54) is 12.3 Å². The number of nitrogens with two attached hydrogens (primary N) is 1. The summed E-state index contributed by atoms with van der Waals surface area (Å²) in [5.74, 6) is 0. The molecule has 8 heteroatoms. The van der Waals surface area contributed by atoms with Gasteiger partial charge in [0.15, 0.2) is 0 Å². The van der Waals surface area contributed by atoms with E-state index in [-0.39, 0.29) is 18.7 Å². The SMILES string of the molecule is CC(C)(C)OC(=O)NCCC(O)C(O)c1c[nH]c(=O)c(N)c1. The highest BCUT2D eigenvalue weighted by Crippen LogP contribution is 2.18. The van der Waals surface area contributed by atoms with Crippen LogP contribution in [0.4, 0.5) is 10.5 Å². The standard InChI is InChI=1S/C14H23N3O5/c1-14(2,3)22-13(21)16-5-4-10(18)11(19)8-6-9(15)12(20)17-7-8/h6-7,10-11,18-19H,4-5,15H2,1-3H3,(H,16,21)(H,17,20). The summed E-state index contributed by atoms with van der Waals surface area (Å²) in [5, 5.41) is 22.4. The van der Waals surface area contributed by atoms with E-state index in [2.05, 4.69) is 10.3 Å². The van der Waals surface area contributed by atoms with Crippen molar-refractivity contribution in [2.24, 2.45) is 0 Å². The summed E-state index contributed by atoms with van der Waals surface area (Å²) in [4.78, 5) is 24.9. The molecule has 22 heavy (non-hydrogen) atoms. The molecule has 6 N–H and O–H groups in total. The Hall–Kier alpha value is -2.06. The number of carbonyl (C=O) groups excluding carboxylic acids is 1. The van der Waals surface area contributed by atoms with E-state index in [0.717, 1.165) is 0 Å².